The van der Waals surface area contributed by atoms with Crippen molar-refractivity contribution >= 4 is 17.5 Å². The maximum atomic E-state index is 5.55. The second kappa shape index (κ2) is 5.30. The van der Waals surface area contributed by atoms with Gasteiger partial charge in [0, 0.05) is 11.9 Å². The standard InChI is InChI=1S/C13H16N4/c1-2-5-10-6-3-4-7-11(10)16-12-8-9-15-13(14)17-12/h3-4,6-9H,2,5H2,1H3,(H3,14,15,16,17). The second-order valence-electron chi connectivity index (χ2n) is 3.83. The minimum absolute atomic E-state index is 0.281. The summed E-state index contributed by atoms with van der Waals surface area (Å²) in [6.45, 7) is 2.17. The normalized spacial score (nSPS) is 10.2. The lowest BCUT2D eigenvalue weighted by atomic mass is 10.1. The lowest BCUT2D eigenvalue weighted by molar-refractivity contribution is 0.923. The van der Waals surface area contributed by atoms with Crippen LogP contribution >= 0.6 is 0 Å². The number of rotatable bonds is 4. The Morgan fingerprint density at radius 3 is 2.82 bits per heavy atom. The Labute approximate surface area is 101 Å². The van der Waals surface area contributed by atoms with Crippen LogP contribution in [0.5, 0.6) is 0 Å². The smallest absolute Gasteiger partial charge is 0.221 e. The zero-order valence-corrected chi connectivity index (χ0v) is 9.85. The number of nitrogens with zero attached hydrogens (tertiary/aromatic N) is 2. The van der Waals surface area contributed by atoms with Gasteiger partial charge in [-0.25, -0.2) is 4.98 Å². The van der Waals surface area contributed by atoms with Gasteiger partial charge < -0.3 is 11.1 Å². The van der Waals surface area contributed by atoms with Gasteiger partial charge in [0.2, 0.25) is 5.95 Å². The van der Waals surface area contributed by atoms with Gasteiger partial charge in [0.05, 0.1) is 0 Å². The molecule has 4 nitrogen and oxygen atoms in total. The van der Waals surface area contributed by atoms with Crippen LogP contribution in [-0.2, 0) is 6.42 Å². The number of hydrogen-bond donors (Lipinski definition) is 2. The molecule has 88 valence electrons. The van der Waals surface area contributed by atoms with E-state index in [9.17, 15) is 0 Å². The van der Waals surface area contributed by atoms with Crippen LogP contribution in [0.2, 0.25) is 0 Å². The fourth-order valence-electron chi connectivity index (χ4n) is 1.71. The molecule has 3 N–H and O–H groups in total. The molecule has 2 rings (SSSR count). The predicted octanol–water partition coefficient (Wildman–Crippen LogP) is 2.75. The number of para-hydroxylation sites is 1. The number of nitrogen functional groups attached to an aromatic ring is 1. The van der Waals surface area contributed by atoms with Crippen molar-refractivity contribution < 1.29 is 0 Å². The van der Waals surface area contributed by atoms with Crippen molar-refractivity contribution in [2.75, 3.05) is 11.1 Å². The highest BCUT2D eigenvalue weighted by molar-refractivity contribution is 5.60. The highest BCUT2D eigenvalue weighted by Gasteiger charge is 2.02. The summed E-state index contributed by atoms with van der Waals surface area (Å²) in [6, 6.07) is 10.0. The largest absolute Gasteiger partial charge is 0.368 e. The third-order valence-electron chi connectivity index (χ3n) is 2.47. The molecule has 0 amide bonds. The zero-order valence-electron chi connectivity index (χ0n) is 9.85. The number of nitrogens with one attached hydrogen (secondary N) is 1. The first-order chi connectivity index (χ1) is 8.29. The van der Waals surface area contributed by atoms with Gasteiger partial charge in [-0.2, -0.15) is 4.98 Å². The quantitative estimate of drug-likeness (QED) is 0.844. The van der Waals surface area contributed by atoms with Crippen molar-refractivity contribution in [2.24, 2.45) is 0 Å². The molecule has 0 saturated heterocycles. The van der Waals surface area contributed by atoms with E-state index in [1.807, 2.05) is 18.2 Å². The molecule has 4 heteroatoms. The molecule has 17 heavy (non-hydrogen) atoms. The first kappa shape index (κ1) is 11.4. The number of benzene rings is 1. The lowest BCUT2D eigenvalue weighted by Gasteiger charge is -2.10. The Morgan fingerprint density at radius 1 is 1.24 bits per heavy atom. The molecule has 0 radical (unpaired) electrons. The Bertz CT molecular complexity index is 496. The van der Waals surface area contributed by atoms with E-state index in [-0.39, 0.29) is 5.95 Å². The second-order valence-corrected chi connectivity index (χ2v) is 3.83. The summed E-state index contributed by atoms with van der Waals surface area (Å²) in [7, 11) is 0. The molecule has 0 atom stereocenters. The van der Waals surface area contributed by atoms with Crippen molar-refractivity contribution in [3.63, 3.8) is 0 Å². The van der Waals surface area contributed by atoms with Crippen molar-refractivity contribution in [3.05, 3.63) is 42.1 Å². The van der Waals surface area contributed by atoms with Crippen LogP contribution in [0, 0.1) is 0 Å². The van der Waals surface area contributed by atoms with E-state index in [0.29, 0.717) is 0 Å². The van der Waals surface area contributed by atoms with Crippen LogP contribution in [0.1, 0.15) is 18.9 Å². The van der Waals surface area contributed by atoms with Crippen molar-refractivity contribution in [3.8, 4) is 0 Å². The van der Waals surface area contributed by atoms with Crippen LogP contribution in [-0.4, -0.2) is 9.97 Å². The van der Waals surface area contributed by atoms with Crippen LogP contribution < -0.4 is 11.1 Å². The summed E-state index contributed by atoms with van der Waals surface area (Å²) >= 11 is 0. The van der Waals surface area contributed by atoms with Crippen molar-refractivity contribution in [2.45, 2.75) is 19.8 Å². The maximum Gasteiger partial charge on any atom is 0.221 e. The molecular weight excluding hydrogens is 212 g/mol. The number of anilines is 3. The molecule has 0 aliphatic carbocycles. The van der Waals surface area contributed by atoms with Gasteiger partial charge in [0.25, 0.3) is 0 Å². The summed E-state index contributed by atoms with van der Waals surface area (Å²) in [6.07, 6.45) is 3.81. The third-order valence-corrected chi connectivity index (χ3v) is 2.47. The van der Waals surface area contributed by atoms with Gasteiger partial charge in [0.15, 0.2) is 0 Å². The van der Waals surface area contributed by atoms with Crippen LogP contribution in [0.15, 0.2) is 36.5 Å². The first-order valence-corrected chi connectivity index (χ1v) is 5.73. The summed E-state index contributed by atoms with van der Waals surface area (Å²) < 4.78 is 0. The summed E-state index contributed by atoms with van der Waals surface area (Å²) in [5.41, 5.74) is 7.91. The Morgan fingerprint density at radius 2 is 2.06 bits per heavy atom. The highest BCUT2D eigenvalue weighted by atomic mass is 15.1. The molecule has 0 aliphatic heterocycles. The van der Waals surface area contributed by atoms with E-state index in [4.69, 9.17) is 5.73 Å². The molecular formula is C13H16N4. The van der Waals surface area contributed by atoms with Gasteiger partial charge in [-0.05, 0) is 24.1 Å². The topological polar surface area (TPSA) is 63.8 Å². The fraction of sp³-hybridized carbons (Fsp3) is 0.231. The third kappa shape index (κ3) is 2.93. The summed E-state index contributed by atoms with van der Waals surface area (Å²) in [4.78, 5) is 7.99. The molecule has 0 aliphatic rings. The summed E-state index contributed by atoms with van der Waals surface area (Å²) in [5.74, 6) is 1.00. The van der Waals surface area contributed by atoms with E-state index in [0.717, 1.165) is 24.3 Å². The average Bonchev–Trinajstić information content (AvgIpc) is 2.32. The fourth-order valence-corrected chi connectivity index (χ4v) is 1.71. The molecule has 1 aromatic heterocycles. The number of aryl methyl sites for hydroxylation is 1. The molecule has 0 bridgehead atoms. The van der Waals surface area contributed by atoms with Crippen molar-refractivity contribution in [1.82, 2.24) is 9.97 Å². The number of aromatic nitrogens is 2. The Hall–Kier alpha value is -2.10. The molecule has 1 heterocycles. The molecule has 0 unspecified atom stereocenters. The Kier molecular flexibility index (Phi) is 3.55. The highest BCUT2D eigenvalue weighted by Crippen LogP contribution is 2.20. The first-order valence-electron chi connectivity index (χ1n) is 5.73. The van der Waals surface area contributed by atoms with E-state index in [2.05, 4.69) is 28.3 Å². The molecule has 0 saturated carbocycles. The SMILES string of the molecule is CCCc1ccccc1Nc1ccnc(N)n1. The molecule has 2 aromatic rings. The Balaban J connectivity index is 2.23. The van der Waals surface area contributed by atoms with Gasteiger partial charge in [-0.1, -0.05) is 31.5 Å². The molecule has 1 aromatic carbocycles. The van der Waals surface area contributed by atoms with Gasteiger partial charge in [-0.3, -0.25) is 0 Å². The molecule has 0 spiro atoms. The van der Waals surface area contributed by atoms with Gasteiger partial charge >= 0.3 is 0 Å². The lowest BCUT2D eigenvalue weighted by Crippen LogP contribution is -2.01. The zero-order chi connectivity index (χ0) is 12.1. The minimum Gasteiger partial charge on any atom is -0.368 e. The van der Waals surface area contributed by atoms with Gasteiger partial charge in [0.1, 0.15) is 5.82 Å². The van der Waals surface area contributed by atoms with E-state index < -0.39 is 0 Å². The van der Waals surface area contributed by atoms with Crippen LogP contribution in [0.25, 0.3) is 0 Å². The predicted molar refractivity (Wildman–Crippen MR) is 70.2 cm³/mol. The average molecular weight is 228 g/mol. The van der Waals surface area contributed by atoms with E-state index >= 15 is 0 Å². The monoisotopic (exact) mass is 228 g/mol. The van der Waals surface area contributed by atoms with Crippen molar-refractivity contribution in [1.29, 1.82) is 0 Å². The minimum atomic E-state index is 0.281. The molecule has 0 fully saturated rings. The van der Waals surface area contributed by atoms with Crippen LogP contribution in [0.3, 0.4) is 0 Å². The van der Waals surface area contributed by atoms with E-state index in [1.165, 1.54) is 5.56 Å². The van der Waals surface area contributed by atoms with E-state index in [1.54, 1.807) is 12.3 Å². The van der Waals surface area contributed by atoms with Gasteiger partial charge in [-0.15, -0.1) is 0 Å². The number of nitrogens with two attached hydrogens (primary N) is 1. The maximum absolute atomic E-state index is 5.55. The van der Waals surface area contributed by atoms with Crippen LogP contribution in [0.4, 0.5) is 17.5 Å². The summed E-state index contributed by atoms with van der Waals surface area (Å²) in [5, 5.41) is 3.27. The number of hydrogen-bond acceptors (Lipinski definition) is 4.